The fraction of sp³-hybridized carbons (Fsp3) is 0.462. The first kappa shape index (κ1) is 12.6. The summed E-state index contributed by atoms with van der Waals surface area (Å²) in [5.41, 5.74) is 6.89. The molecular formula is C13H17BrN2O. The van der Waals surface area contributed by atoms with Gasteiger partial charge in [0.2, 0.25) is 5.91 Å². The maximum Gasteiger partial charge on any atom is 0.226 e. The van der Waals surface area contributed by atoms with Crippen molar-refractivity contribution in [3.05, 3.63) is 34.3 Å². The van der Waals surface area contributed by atoms with Crippen molar-refractivity contribution < 1.29 is 4.79 Å². The summed E-state index contributed by atoms with van der Waals surface area (Å²) >= 11 is 3.39. The molecule has 2 N–H and O–H groups in total. The van der Waals surface area contributed by atoms with Crippen LogP contribution in [-0.2, 0) is 11.2 Å². The van der Waals surface area contributed by atoms with E-state index in [0.717, 1.165) is 36.0 Å². The number of likely N-dealkylation sites (tertiary alicyclic amines) is 1. The predicted molar refractivity (Wildman–Crippen MR) is 71.6 cm³/mol. The highest BCUT2D eigenvalue weighted by atomic mass is 79.9. The number of carbonyl (C=O) groups excluding carboxylic acids is 1. The molecule has 1 aromatic carbocycles. The largest absolute Gasteiger partial charge is 0.342 e. The molecule has 0 aromatic heterocycles. The third kappa shape index (κ3) is 3.54. The van der Waals surface area contributed by atoms with Gasteiger partial charge in [-0.15, -0.1) is 0 Å². The molecule has 0 unspecified atom stereocenters. The van der Waals surface area contributed by atoms with E-state index in [1.165, 1.54) is 0 Å². The number of piperidine rings is 1. The van der Waals surface area contributed by atoms with Crippen LogP contribution in [0.4, 0.5) is 0 Å². The zero-order valence-electron chi connectivity index (χ0n) is 9.73. The molecule has 1 amide bonds. The number of halogens is 1. The molecule has 0 aliphatic carbocycles. The molecule has 4 heteroatoms. The third-order valence-electron chi connectivity index (χ3n) is 3.16. The van der Waals surface area contributed by atoms with Crippen molar-refractivity contribution in [2.24, 2.45) is 5.73 Å². The second-order valence-corrected chi connectivity index (χ2v) is 5.44. The summed E-state index contributed by atoms with van der Waals surface area (Å²) in [5, 5.41) is 0. The van der Waals surface area contributed by atoms with Crippen LogP contribution < -0.4 is 5.73 Å². The van der Waals surface area contributed by atoms with Crippen LogP contribution in [0, 0.1) is 0 Å². The van der Waals surface area contributed by atoms with Crippen LogP contribution in [0.2, 0.25) is 0 Å². The summed E-state index contributed by atoms with van der Waals surface area (Å²) in [4.78, 5) is 14.0. The minimum absolute atomic E-state index is 0.208. The molecular weight excluding hydrogens is 280 g/mol. The van der Waals surface area contributed by atoms with Crippen LogP contribution in [0.15, 0.2) is 28.7 Å². The van der Waals surface area contributed by atoms with Gasteiger partial charge in [-0.3, -0.25) is 4.79 Å². The lowest BCUT2D eigenvalue weighted by Crippen LogP contribution is -2.43. The molecule has 1 heterocycles. The normalized spacial score (nSPS) is 17.2. The number of nitrogens with zero attached hydrogens (tertiary/aromatic N) is 1. The summed E-state index contributed by atoms with van der Waals surface area (Å²) in [6.45, 7) is 1.60. The van der Waals surface area contributed by atoms with Crippen molar-refractivity contribution in [3.8, 4) is 0 Å². The average molecular weight is 297 g/mol. The minimum atomic E-state index is 0.208. The van der Waals surface area contributed by atoms with Gasteiger partial charge in [-0.1, -0.05) is 28.1 Å². The van der Waals surface area contributed by atoms with E-state index in [1.807, 2.05) is 29.2 Å². The Balaban J connectivity index is 1.90. The van der Waals surface area contributed by atoms with Crippen molar-refractivity contribution in [3.63, 3.8) is 0 Å². The van der Waals surface area contributed by atoms with Gasteiger partial charge in [0, 0.05) is 23.6 Å². The Morgan fingerprint density at radius 2 is 1.88 bits per heavy atom. The number of amides is 1. The number of rotatable bonds is 2. The lowest BCUT2D eigenvalue weighted by molar-refractivity contribution is -0.131. The van der Waals surface area contributed by atoms with Gasteiger partial charge >= 0.3 is 0 Å². The quantitative estimate of drug-likeness (QED) is 0.907. The summed E-state index contributed by atoms with van der Waals surface area (Å²) in [7, 11) is 0. The van der Waals surface area contributed by atoms with E-state index >= 15 is 0 Å². The van der Waals surface area contributed by atoms with Crippen LogP contribution in [-0.4, -0.2) is 29.9 Å². The van der Waals surface area contributed by atoms with E-state index in [9.17, 15) is 4.79 Å². The highest BCUT2D eigenvalue weighted by Crippen LogP contribution is 2.13. The molecule has 1 aliphatic rings. The van der Waals surface area contributed by atoms with Crippen LogP contribution in [0.5, 0.6) is 0 Å². The highest BCUT2D eigenvalue weighted by molar-refractivity contribution is 9.10. The second-order valence-electron chi connectivity index (χ2n) is 4.52. The van der Waals surface area contributed by atoms with Gasteiger partial charge in [0.1, 0.15) is 0 Å². The van der Waals surface area contributed by atoms with Gasteiger partial charge in [0.15, 0.2) is 0 Å². The predicted octanol–water partition coefficient (Wildman–Crippen LogP) is 1.94. The Labute approximate surface area is 110 Å². The Kier molecular flexibility index (Phi) is 4.18. The SMILES string of the molecule is NC1CCN(C(=O)Cc2ccc(Br)cc2)CC1. The van der Waals surface area contributed by atoms with E-state index < -0.39 is 0 Å². The van der Waals surface area contributed by atoms with Crippen molar-refractivity contribution >= 4 is 21.8 Å². The van der Waals surface area contributed by atoms with Gasteiger partial charge in [-0.2, -0.15) is 0 Å². The Hall–Kier alpha value is -0.870. The zero-order valence-corrected chi connectivity index (χ0v) is 11.3. The number of nitrogens with two attached hydrogens (primary N) is 1. The van der Waals surface area contributed by atoms with Crippen LogP contribution >= 0.6 is 15.9 Å². The fourth-order valence-corrected chi connectivity index (χ4v) is 2.30. The highest BCUT2D eigenvalue weighted by Gasteiger charge is 2.20. The van der Waals surface area contributed by atoms with Crippen LogP contribution in [0.3, 0.4) is 0 Å². The molecule has 1 aliphatic heterocycles. The number of hydrogen-bond acceptors (Lipinski definition) is 2. The molecule has 0 radical (unpaired) electrons. The van der Waals surface area contributed by atoms with E-state index in [1.54, 1.807) is 0 Å². The first-order valence-corrected chi connectivity index (χ1v) is 6.72. The van der Waals surface area contributed by atoms with Crippen molar-refractivity contribution in [2.75, 3.05) is 13.1 Å². The molecule has 0 atom stereocenters. The first-order chi connectivity index (χ1) is 8.15. The number of benzene rings is 1. The van der Waals surface area contributed by atoms with Crippen LogP contribution in [0.25, 0.3) is 0 Å². The van der Waals surface area contributed by atoms with Gasteiger partial charge in [0.25, 0.3) is 0 Å². The molecule has 0 bridgehead atoms. The molecule has 17 heavy (non-hydrogen) atoms. The number of carbonyl (C=O) groups is 1. The van der Waals surface area contributed by atoms with Gasteiger partial charge in [-0.05, 0) is 30.5 Å². The van der Waals surface area contributed by atoms with Gasteiger partial charge < -0.3 is 10.6 Å². The van der Waals surface area contributed by atoms with Crippen molar-refractivity contribution in [2.45, 2.75) is 25.3 Å². The maximum absolute atomic E-state index is 12.0. The lowest BCUT2D eigenvalue weighted by atomic mass is 10.0. The summed E-state index contributed by atoms with van der Waals surface area (Å²) in [5.74, 6) is 0.208. The van der Waals surface area contributed by atoms with E-state index in [0.29, 0.717) is 6.42 Å². The summed E-state index contributed by atoms with van der Waals surface area (Å²) in [6.07, 6.45) is 2.33. The monoisotopic (exact) mass is 296 g/mol. The summed E-state index contributed by atoms with van der Waals surface area (Å²) in [6, 6.07) is 8.17. The second kappa shape index (κ2) is 5.65. The Morgan fingerprint density at radius 1 is 1.29 bits per heavy atom. The summed E-state index contributed by atoms with van der Waals surface area (Å²) < 4.78 is 1.04. The third-order valence-corrected chi connectivity index (χ3v) is 3.69. The van der Waals surface area contributed by atoms with Crippen molar-refractivity contribution in [1.29, 1.82) is 0 Å². The Morgan fingerprint density at radius 3 is 2.47 bits per heavy atom. The topological polar surface area (TPSA) is 46.3 Å². The maximum atomic E-state index is 12.0. The molecule has 3 nitrogen and oxygen atoms in total. The molecule has 1 fully saturated rings. The van der Waals surface area contributed by atoms with Crippen molar-refractivity contribution in [1.82, 2.24) is 4.90 Å². The van der Waals surface area contributed by atoms with Crippen LogP contribution in [0.1, 0.15) is 18.4 Å². The van der Waals surface area contributed by atoms with E-state index in [4.69, 9.17) is 5.73 Å². The molecule has 2 rings (SSSR count). The van der Waals surface area contributed by atoms with Gasteiger partial charge in [-0.25, -0.2) is 0 Å². The standard InChI is InChI=1S/C13H17BrN2O/c14-11-3-1-10(2-4-11)9-13(17)16-7-5-12(15)6-8-16/h1-4,12H,5-9,15H2. The molecule has 0 spiro atoms. The number of hydrogen-bond donors (Lipinski definition) is 1. The molecule has 1 aromatic rings. The molecule has 0 saturated carbocycles. The van der Waals surface area contributed by atoms with Gasteiger partial charge in [0.05, 0.1) is 6.42 Å². The fourth-order valence-electron chi connectivity index (χ4n) is 2.04. The zero-order chi connectivity index (χ0) is 12.3. The average Bonchev–Trinajstić information content (AvgIpc) is 2.33. The minimum Gasteiger partial charge on any atom is -0.342 e. The molecule has 92 valence electrons. The van der Waals surface area contributed by atoms with E-state index in [2.05, 4.69) is 15.9 Å². The lowest BCUT2D eigenvalue weighted by Gasteiger charge is -2.30. The molecule has 1 saturated heterocycles. The van der Waals surface area contributed by atoms with E-state index in [-0.39, 0.29) is 11.9 Å². The Bertz CT molecular complexity index is 383. The smallest absolute Gasteiger partial charge is 0.226 e. The first-order valence-electron chi connectivity index (χ1n) is 5.93.